The number of nitro groups is 1. The number of aromatic amines is 1. The van der Waals surface area contributed by atoms with E-state index in [1.165, 1.54) is 31.2 Å². The molecule has 3 rings (SSSR count). The summed E-state index contributed by atoms with van der Waals surface area (Å²) in [6, 6.07) is 13.0. The first kappa shape index (κ1) is 19.9. The van der Waals surface area contributed by atoms with Gasteiger partial charge in [0.15, 0.2) is 0 Å². The second-order valence-corrected chi connectivity index (χ2v) is 6.80. The number of hydrogen-bond acceptors (Lipinski definition) is 5. The van der Waals surface area contributed by atoms with Crippen molar-refractivity contribution in [2.24, 2.45) is 0 Å². The average Bonchev–Trinajstić information content (AvgIpc) is 3.09. The summed E-state index contributed by atoms with van der Waals surface area (Å²) in [5.74, 6) is -1.20. The highest BCUT2D eigenvalue weighted by Crippen LogP contribution is 2.23. The van der Waals surface area contributed by atoms with E-state index in [2.05, 4.69) is 10.3 Å². The summed E-state index contributed by atoms with van der Waals surface area (Å²) in [5, 5.41) is 23.6. The van der Waals surface area contributed by atoms with Crippen molar-refractivity contribution in [3.63, 3.8) is 0 Å². The maximum Gasteiger partial charge on any atom is 0.408 e. The number of aromatic nitrogens is 1. The molecule has 150 valence electrons. The summed E-state index contributed by atoms with van der Waals surface area (Å²) in [6.45, 7) is 1.26. The van der Waals surface area contributed by atoms with Crippen molar-refractivity contribution < 1.29 is 24.4 Å². The molecule has 0 aliphatic heterocycles. The first-order valence-corrected chi connectivity index (χ1v) is 8.75. The molecule has 3 aromatic rings. The number of carboxylic acids is 1. The lowest BCUT2D eigenvalue weighted by Crippen LogP contribution is -2.53. The standard InChI is InChI=1S/C20H19N3O6/c1-20(18(24)25,10-14-11-21-17-5-3-2-4-16(14)17)22-19(26)29-12-13-6-8-15(9-7-13)23(27)28/h2-9,11,21H,10,12H2,1H3,(H,22,26)(H,24,25). The number of nitro benzene ring substituents is 1. The van der Waals surface area contributed by atoms with Crippen LogP contribution in [0.3, 0.4) is 0 Å². The second kappa shape index (κ2) is 8.01. The number of para-hydroxylation sites is 1. The van der Waals surface area contributed by atoms with Gasteiger partial charge in [0.2, 0.25) is 0 Å². The predicted octanol–water partition coefficient (Wildman–Crippen LogP) is 3.39. The number of carboxylic acid groups (broad SMARTS) is 1. The molecule has 2 aromatic carbocycles. The van der Waals surface area contributed by atoms with Gasteiger partial charge in [-0.1, -0.05) is 18.2 Å². The number of amides is 1. The Morgan fingerprint density at radius 2 is 1.90 bits per heavy atom. The van der Waals surface area contributed by atoms with Crippen molar-refractivity contribution in [3.8, 4) is 0 Å². The van der Waals surface area contributed by atoms with E-state index in [9.17, 15) is 24.8 Å². The van der Waals surface area contributed by atoms with Crippen LogP contribution in [-0.4, -0.2) is 32.6 Å². The molecule has 0 aliphatic rings. The highest BCUT2D eigenvalue weighted by Gasteiger charge is 2.36. The van der Waals surface area contributed by atoms with Crippen LogP contribution in [0.2, 0.25) is 0 Å². The monoisotopic (exact) mass is 397 g/mol. The van der Waals surface area contributed by atoms with E-state index in [-0.39, 0.29) is 18.7 Å². The van der Waals surface area contributed by atoms with Gasteiger partial charge in [0, 0.05) is 35.7 Å². The van der Waals surface area contributed by atoms with Gasteiger partial charge in [-0.25, -0.2) is 9.59 Å². The number of hydrogen-bond donors (Lipinski definition) is 3. The summed E-state index contributed by atoms with van der Waals surface area (Å²) in [5.41, 5.74) is 0.504. The predicted molar refractivity (Wildman–Crippen MR) is 104 cm³/mol. The number of non-ortho nitro benzene ring substituents is 1. The minimum absolute atomic E-state index is 0.0545. The molecule has 1 unspecified atom stereocenters. The Morgan fingerprint density at radius 1 is 1.21 bits per heavy atom. The molecule has 9 heteroatoms. The van der Waals surface area contributed by atoms with Gasteiger partial charge in [0.1, 0.15) is 12.1 Å². The molecule has 0 aliphatic carbocycles. The van der Waals surface area contributed by atoms with E-state index < -0.39 is 22.5 Å². The van der Waals surface area contributed by atoms with E-state index in [0.717, 1.165) is 16.5 Å². The van der Waals surface area contributed by atoms with Crippen molar-refractivity contribution in [3.05, 3.63) is 76.0 Å². The number of nitrogens with one attached hydrogen (secondary N) is 2. The number of carbonyl (C=O) groups excluding carboxylic acids is 1. The molecular formula is C20H19N3O6. The number of carbonyl (C=O) groups is 2. The Bertz CT molecular complexity index is 1060. The number of rotatable bonds is 7. The van der Waals surface area contributed by atoms with Crippen LogP contribution in [0.15, 0.2) is 54.7 Å². The topological polar surface area (TPSA) is 135 Å². The van der Waals surface area contributed by atoms with Gasteiger partial charge < -0.3 is 20.1 Å². The van der Waals surface area contributed by atoms with Gasteiger partial charge in [-0.3, -0.25) is 10.1 Å². The van der Waals surface area contributed by atoms with E-state index in [1.54, 1.807) is 6.20 Å². The molecule has 0 spiro atoms. The Balaban J connectivity index is 1.66. The van der Waals surface area contributed by atoms with Crippen molar-refractivity contribution in [2.75, 3.05) is 0 Å². The van der Waals surface area contributed by atoms with Gasteiger partial charge in [0.05, 0.1) is 4.92 Å². The molecule has 9 nitrogen and oxygen atoms in total. The van der Waals surface area contributed by atoms with Gasteiger partial charge in [-0.2, -0.15) is 0 Å². The van der Waals surface area contributed by atoms with E-state index in [1.807, 2.05) is 24.3 Å². The van der Waals surface area contributed by atoms with Crippen LogP contribution in [0.4, 0.5) is 10.5 Å². The first-order chi connectivity index (χ1) is 13.8. The minimum atomic E-state index is -1.59. The third-order valence-corrected chi connectivity index (χ3v) is 4.59. The molecule has 1 amide bonds. The number of ether oxygens (including phenoxy) is 1. The quantitative estimate of drug-likeness (QED) is 0.413. The Kier molecular flexibility index (Phi) is 5.49. The van der Waals surface area contributed by atoms with Crippen molar-refractivity contribution in [2.45, 2.75) is 25.5 Å². The smallest absolute Gasteiger partial charge is 0.408 e. The largest absolute Gasteiger partial charge is 0.480 e. The molecule has 1 aromatic heterocycles. The molecule has 0 saturated heterocycles. The second-order valence-electron chi connectivity index (χ2n) is 6.80. The number of fused-ring (bicyclic) bond motifs is 1. The lowest BCUT2D eigenvalue weighted by molar-refractivity contribution is -0.384. The fraction of sp³-hybridized carbons (Fsp3) is 0.200. The fourth-order valence-corrected chi connectivity index (χ4v) is 2.96. The van der Waals surface area contributed by atoms with Crippen molar-refractivity contribution in [1.29, 1.82) is 0 Å². The molecule has 1 heterocycles. The third kappa shape index (κ3) is 4.52. The van der Waals surface area contributed by atoms with Crippen LogP contribution in [0.25, 0.3) is 10.9 Å². The van der Waals surface area contributed by atoms with Gasteiger partial charge in [-0.05, 0) is 36.2 Å². The highest BCUT2D eigenvalue weighted by molar-refractivity contribution is 5.87. The highest BCUT2D eigenvalue weighted by atomic mass is 16.6. The molecule has 1 atom stereocenters. The zero-order valence-corrected chi connectivity index (χ0v) is 15.5. The SMILES string of the molecule is CC(Cc1c[nH]c2ccccc12)(NC(=O)OCc1ccc([N+](=O)[O-])cc1)C(=O)O. The molecule has 3 N–H and O–H groups in total. The molecule has 0 fully saturated rings. The van der Waals surface area contributed by atoms with E-state index in [4.69, 9.17) is 4.74 Å². The number of alkyl carbamates (subject to hydrolysis) is 1. The summed E-state index contributed by atoms with van der Waals surface area (Å²) in [7, 11) is 0. The average molecular weight is 397 g/mol. The normalized spacial score (nSPS) is 12.9. The molecule has 0 radical (unpaired) electrons. The summed E-state index contributed by atoms with van der Waals surface area (Å²) in [4.78, 5) is 37.3. The van der Waals surface area contributed by atoms with Crippen LogP contribution in [0.1, 0.15) is 18.1 Å². The van der Waals surface area contributed by atoms with Gasteiger partial charge >= 0.3 is 12.1 Å². The number of aliphatic carboxylic acids is 1. The van der Waals surface area contributed by atoms with E-state index >= 15 is 0 Å². The van der Waals surface area contributed by atoms with Gasteiger partial charge in [-0.15, -0.1) is 0 Å². The number of H-pyrrole nitrogens is 1. The maximum absolute atomic E-state index is 12.2. The Labute approximate surface area is 165 Å². The number of nitrogens with zero attached hydrogens (tertiary/aromatic N) is 1. The van der Waals surface area contributed by atoms with Crippen molar-refractivity contribution in [1.82, 2.24) is 10.3 Å². The maximum atomic E-state index is 12.2. The summed E-state index contributed by atoms with van der Waals surface area (Å²) in [6.07, 6.45) is 0.877. The first-order valence-electron chi connectivity index (χ1n) is 8.75. The molecule has 29 heavy (non-hydrogen) atoms. The molecule has 0 saturated carbocycles. The zero-order chi connectivity index (χ0) is 21.0. The van der Waals surface area contributed by atoms with Crippen LogP contribution in [0.5, 0.6) is 0 Å². The third-order valence-electron chi connectivity index (χ3n) is 4.59. The van der Waals surface area contributed by atoms with Gasteiger partial charge in [0.25, 0.3) is 5.69 Å². The fourth-order valence-electron chi connectivity index (χ4n) is 2.96. The van der Waals surface area contributed by atoms with Crippen LogP contribution in [0, 0.1) is 10.1 Å². The van der Waals surface area contributed by atoms with Crippen LogP contribution in [-0.2, 0) is 22.6 Å². The number of benzene rings is 2. The Morgan fingerprint density at radius 3 is 2.55 bits per heavy atom. The minimum Gasteiger partial charge on any atom is -0.480 e. The van der Waals surface area contributed by atoms with Crippen LogP contribution < -0.4 is 5.32 Å². The van der Waals surface area contributed by atoms with E-state index in [0.29, 0.717) is 5.56 Å². The van der Waals surface area contributed by atoms with Crippen LogP contribution >= 0.6 is 0 Å². The summed E-state index contributed by atoms with van der Waals surface area (Å²) < 4.78 is 5.09. The lowest BCUT2D eigenvalue weighted by atomic mass is 9.93. The lowest BCUT2D eigenvalue weighted by Gasteiger charge is -2.25. The summed E-state index contributed by atoms with van der Waals surface area (Å²) >= 11 is 0. The zero-order valence-electron chi connectivity index (χ0n) is 15.5. The molecular weight excluding hydrogens is 378 g/mol. The Hall–Kier alpha value is -3.88. The molecule has 0 bridgehead atoms. The van der Waals surface area contributed by atoms with Crippen molar-refractivity contribution >= 4 is 28.7 Å².